The molecule has 0 saturated heterocycles. The summed E-state index contributed by atoms with van der Waals surface area (Å²) in [5.41, 5.74) is 0.853. The van der Waals surface area contributed by atoms with E-state index in [0.29, 0.717) is 16.9 Å². The number of nitrogens with one attached hydrogen (secondary N) is 1. The molecule has 2 N–H and O–H groups in total. The van der Waals surface area contributed by atoms with Crippen LogP contribution in [-0.4, -0.2) is 36.7 Å². The molecule has 2 atom stereocenters. The van der Waals surface area contributed by atoms with E-state index in [9.17, 15) is 14.7 Å². The largest absolute Gasteiger partial charge is 0.497 e. The van der Waals surface area contributed by atoms with Gasteiger partial charge in [-0.2, -0.15) is 0 Å². The number of amides is 1. The van der Waals surface area contributed by atoms with Crippen LogP contribution in [0.15, 0.2) is 54.6 Å². The molecule has 132 valence electrons. The van der Waals surface area contributed by atoms with E-state index in [1.807, 2.05) is 0 Å². The maximum atomic E-state index is 12.4. The number of aliphatic hydroxyl groups is 1. The smallest absolute Gasteiger partial charge is 0.331 e. The number of methoxy groups -OCH3 is 1. The molecule has 6 nitrogen and oxygen atoms in total. The van der Waals surface area contributed by atoms with Crippen LogP contribution in [0.25, 0.3) is 0 Å². The molecule has 1 amide bonds. The van der Waals surface area contributed by atoms with Gasteiger partial charge in [0.1, 0.15) is 11.9 Å². The summed E-state index contributed by atoms with van der Waals surface area (Å²) in [6.07, 6.45) is -1.22. The molecule has 0 aromatic heterocycles. The van der Waals surface area contributed by atoms with Gasteiger partial charge < -0.3 is 19.9 Å². The number of hydrogen-bond acceptors (Lipinski definition) is 5. The van der Waals surface area contributed by atoms with E-state index in [1.54, 1.807) is 61.5 Å². The lowest BCUT2D eigenvalue weighted by Gasteiger charge is -2.23. The Hall–Kier alpha value is -2.86. The van der Waals surface area contributed by atoms with Gasteiger partial charge in [-0.15, -0.1) is 0 Å². The first-order valence-corrected chi connectivity index (χ1v) is 7.91. The molecule has 0 saturated carbocycles. The lowest BCUT2D eigenvalue weighted by atomic mass is 10.0. The lowest BCUT2D eigenvalue weighted by molar-refractivity contribution is -0.148. The van der Waals surface area contributed by atoms with Crippen molar-refractivity contribution in [2.45, 2.75) is 19.1 Å². The molecule has 2 aromatic carbocycles. The molecule has 0 fully saturated rings. The van der Waals surface area contributed by atoms with Crippen molar-refractivity contribution in [1.82, 2.24) is 5.32 Å². The molecule has 2 aromatic rings. The van der Waals surface area contributed by atoms with Crippen LogP contribution in [-0.2, 0) is 9.53 Å². The summed E-state index contributed by atoms with van der Waals surface area (Å²) in [6.45, 7) is 1.81. The Balaban J connectivity index is 2.20. The maximum Gasteiger partial charge on any atom is 0.331 e. The number of carbonyl (C=O) groups is 2. The number of esters is 1. The van der Waals surface area contributed by atoms with Crippen molar-refractivity contribution in [1.29, 1.82) is 0 Å². The van der Waals surface area contributed by atoms with Gasteiger partial charge in [0.2, 0.25) is 0 Å². The number of benzene rings is 2. The summed E-state index contributed by atoms with van der Waals surface area (Å²) in [7, 11) is 1.53. The Kier molecular flexibility index (Phi) is 6.54. The van der Waals surface area contributed by atoms with Gasteiger partial charge in [-0.1, -0.05) is 30.3 Å². The summed E-state index contributed by atoms with van der Waals surface area (Å²) in [5, 5.41) is 13.1. The second kappa shape index (κ2) is 8.84. The van der Waals surface area contributed by atoms with Crippen molar-refractivity contribution in [2.75, 3.05) is 13.7 Å². The molecule has 2 unspecified atom stereocenters. The van der Waals surface area contributed by atoms with Gasteiger partial charge in [-0.25, -0.2) is 4.79 Å². The van der Waals surface area contributed by atoms with Crippen molar-refractivity contribution >= 4 is 11.9 Å². The topological polar surface area (TPSA) is 84.9 Å². The summed E-state index contributed by atoms with van der Waals surface area (Å²) in [5.74, 6) is -0.570. The minimum atomic E-state index is -1.22. The van der Waals surface area contributed by atoms with E-state index < -0.39 is 24.0 Å². The molecule has 2 rings (SSSR count). The van der Waals surface area contributed by atoms with Gasteiger partial charge in [0.15, 0.2) is 6.04 Å². The molecule has 0 spiro atoms. The molecule has 0 heterocycles. The second-order valence-corrected chi connectivity index (χ2v) is 5.29. The fourth-order valence-electron chi connectivity index (χ4n) is 2.31. The SMILES string of the molecule is CCOC(=O)C(NC(=O)c1ccc(OC)cc1)C(O)c1ccccc1. The van der Waals surface area contributed by atoms with Crippen LogP contribution < -0.4 is 10.1 Å². The van der Waals surface area contributed by atoms with Crippen LogP contribution in [0.3, 0.4) is 0 Å². The summed E-state index contributed by atoms with van der Waals surface area (Å²) in [6, 6.07) is 13.9. The van der Waals surface area contributed by atoms with Crippen molar-refractivity contribution in [3.05, 3.63) is 65.7 Å². The molecule has 0 aliphatic heterocycles. The van der Waals surface area contributed by atoms with Crippen molar-refractivity contribution in [3.63, 3.8) is 0 Å². The highest BCUT2D eigenvalue weighted by Gasteiger charge is 2.31. The Bertz CT molecular complexity index is 700. The minimum Gasteiger partial charge on any atom is -0.497 e. The van der Waals surface area contributed by atoms with Crippen LogP contribution in [0.1, 0.15) is 28.9 Å². The number of rotatable bonds is 7. The Morgan fingerprint density at radius 3 is 2.28 bits per heavy atom. The van der Waals surface area contributed by atoms with E-state index in [4.69, 9.17) is 9.47 Å². The van der Waals surface area contributed by atoms with E-state index >= 15 is 0 Å². The quantitative estimate of drug-likeness (QED) is 0.752. The van der Waals surface area contributed by atoms with Gasteiger partial charge in [0, 0.05) is 5.56 Å². The highest BCUT2D eigenvalue weighted by molar-refractivity contribution is 5.97. The number of ether oxygens (including phenoxy) is 2. The fraction of sp³-hybridized carbons (Fsp3) is 0.263. The minimum absolute atomic E-state index is 0.148. The van der Waals surface area contributed by atoms with Crippen molar-refractivity contribution in [2.24, 2.45) is 0 Å². The molecule has 0 bridgehead atoms. The number of hydrogen-bond donors (Lipinski definition) is 2. The van der Waals surface area contributed by atoms with Crippen LogP contribution >= 0.6 is 0 Å². The van der Waals surface area contributed by atoms with E-state index in [1.165, 1.54) is 7.11 Å². The van der Waals surface area contributed by atoms with Crippen LogP contribution in [0, 0.1) is 0 Å². The first kappa shape index (κ1) is 18.5. The zero-order chi connectivity index (χ0) is 18.2. The average Bonchev–Trinajstić information content (AvgIpc) is 2.66. The van der Waals surface area contributed by atoms with E-state index in [2.05, 4.69) is 5.32 Å². The number of carbonyl (C=O) groups excluding carboxylic acids is 2. The first-order valence-electron chi connectivity index (χ1n) is 7.91. The summed E-state index contributed by atoms with van der Waals surface area (Å²) < 4.78 is 10.0. The van der Waals surface area contributed by atoms with Crippen LogP contribution in [0.4, 0.5) is 0 Å². The third-order valence-electron chi connectivity index (χ3n) is 3.64. The molecule has 0 aliphatic rings. The number of aliphatic hydroxyl groups excluding tert-OH is 1. The van der Waals surface area contributed by atoms with Gasteiger partial charge in [0.05, 0.1) is 13.7 Å². The normalized spacial score (nSPS) is 12.8. The van der Waals surface area contributed by atoms with E-state index in [-0.39, 0.29) is 6.61 Å². The second-order valence-electron chi connectivity index (χ2n) is 5.29. The highest BCUT2D eigenvalue weighted by Crippen LogP contribution is 2.19. The zero-order valence-electron chi connectivity index (χ0n) is 14.1. The van der Waals surface area contributed by atoms with E-state index in [0.717, 1.165) is 0 Å². The first-order chi connectivity index (χ1) is 12.1. The third kappa shape index (κ3) is 4.81. The summed E-state index contributed by atoms with van der Waals surface area (Å²) in [4.78, 5) is 24.6. The molecule has 0 aliphatic carbocycles. The van der Waals surface area contributed by atoms with Gasteiger partial charge in [-0.05, 0) is 36.8 Å². The molecule has 0 radical (unpaired) electrons. The van der Waals surface area contributed by atoms with Crippen LogP contribution in [0.5, 0.6) is 5.75 Å². The lowest BCUT2D eigenvalue weighted by Crippen LogP contribution is -2.46. The highest BCUT2D eigenvalue weighted by atomic mass is 16.5. The van der Waals surface area contributed by atoms with Crippen molar-refractivity contribution in [3.8, 4) is 5.75 Å². The van der Waals surface area contributed by atoms with Gasteiger partial charge >= 0.3 is 5.97 Å². The predicted molar refractivity (Wildman–Crippen MR) is 92.3 cm³/mol. The molecule has 6 heteroatoms. The van der Waals surface area contributed by atoms with Crippen molar-refractivity contribution < 1.29 is 24.2 Å². The molecule has 25 heavy (non-hydrogen) atoms. The molecular formula is C19H21NO5. The fourth-order valence-corrected chi connectivity index (χ4v) is 2.31. The standard InChI is InChI=1S/C19H21NO5/c1-3-25-19(23)16(17(21)13-7-5-4-6-8-13)20-18(22)14-9-11-15(24-2)12-10-14/h4-12,16-17,21H,3H2,1-2H3,(H,20,22). The average molecular weight is 343 g/mol. The Morgan fingerprint density at radius 2 is 1.72 bits per heavy atom. The Labute approximate surface area is 146 Å². The Morgan fingerprint density at radius 1 is 1.08 bits per heavy atom. The summed E-state index contributed by atoms with van der Waals surface area (Å²) >= 11 is 0. The zero-order valence-corrected chi connectivity index (χ0v) is 14.1. The third-order valence-corrected chi connectivity index (χ3v) is 3.64. The van der Waals surface area contributed by atoms with Gasteiger partial charge in [-0.3, -0.25) is 4.79 Å². The molecular weight excluding hydrogens is 322 g/mol. The van der Waals surface area contributed by atoms with Gasteiger partial charge in [0.25, 0.3) is 5.91 Å². The maximum absolute atomic E-state index is 12.4. The predicted octanol–water partition coefficient (Wildman–Crippen LogP) is 2.09. The van der Waals surface area contributed by atoms with Crippen LogP contribution in [0.2, 0.25) is 0 Å². The monoisotopic (exact) mass is 343 g/mol.